The van der Waals surface area contributed by atoms with Gasteiger partial charge in [-0.3, -0.25) is 9.59 Å². The molecule has 1 aliphatic heterocycles. The van der Waals surface area contributed by atoms with E-state index >= 15 is 0 Å². The standard InChI is InChI=1S/C12H17N3O4S/c1-20(18,19)15-7-3-4-9(8-15)14-12(17)10-5-2-6-13-11(10)16/h2,5-6,9H,3-4,7-8H2,1H3,(H,13,16)(H,14,17). The number of H-pyrrole nitrogens is 1. The highest BCUT2D eigenvalue weighted by Crippen LogP contribution is 2.13. The minimum absolute atomic E-state index is 0.0315. The highest BCUT2D eigenvalue weighted by molar-refractivity contribution is 7.88. The van der Waals surface area contributed by atoms with Crippen molar-refractivity contribution < 1.29 is 13.2 Å². The third-order valence-electron chi connectivity index (χ3n) is 3.25. The number of hydrogen-bond donors (Lipinski definition) is 2. The Bertz CT molecular complexity index is 653. The topological polar surface area (TPSA) is 99.3 Å². The molecule has 0 saturated carbocycles. The number of rotatable bonds is 3. The first-order valence-corrected chi connectivity index (χ1v) is 8.16. The Morgan fingerprint density at radius 1 is 1.50 bits per heavy atom. The van der Waals surface area contributed by atoms with Gasteiger partial charge in [0.1, 0.15) is 5.56 Å². The van der Waals surface area contributed by atoms with E-state index in [1.165, 1.54) is 16.6 Å². The van der Waals surface area contributed by atoms with Crippen LogP contribution >= 0.6 is 0 Å². The van der Waals surface area contributed by atoms with Crippen molar-refractivity contribution in [1.29, 1.82) is 0 Å². The van der Waals surface area contributed by atoms with Crippen LogP contribution in [0.1, 0.15) is 23.2 Å². The van der Waals surface area contributed by atoms with Crippen LogP contribution < -0.4 is 10.9 Å². The molecule has 2 rings (SSSR count). The van der Waals surface area contributed by atoms with E-state index in [1.54, 1.807) is 6.07 Å². The average Bonchev–Trinajstić information content (AvgIpc) is 2.38. The Balaban J connectivity index is 2.05. The van der Waals surface area contributed by atoms with E-state index in [1.807, 2.05) is 0 Å². The smallest absolute Gasteiger partial charge is 0.260 e. The van der Waals surface area contributed by atoms with Crippen molar-refractivity contribution in [3.8, 4) is 0 Å². The van der Waals surface area contributed by atoms with Crippen LogP contribution in [0.5, 0.6) is 0 Å². The molecule has 0 bridgehead atoms. The van der Waals surface area contributed by atoms with Crippen molar-refractivity contribution in [2.45, 2.75) is 18.9 Å². The molecule has 0 spiro atoms. The van der Waals surface area contributed by atoms with Crippen LogP contribution in [0.2, 0.25) is 0 Å². The Morgan fingerprint density at radius 2 is 2.25 bits per heavy atom. The van der Waals surface area contributed by atoms with Gasteiger partial charge < -0.3 is 10.3 Å². The highest BCUT2D eigenvalue weighted by Gasteiger charge is 2.27. The van der Waals surface area contributed by atoms with Crippen molar-refractivity contribution >= 4 is 15.9 Å². The van der Waals surface area contributed by atoms with Gasteiger partial charge in [0.2, 0.25) is 10.0 Å². The van der Waals surface area contributed by atoms with E-state index in [0.29, 0.717) is 19.4 Å². The molecule has 1 aliphatic rings. The van der Waals surface area contributed by atoms with Gasteiger partial charge in [0.15, 0.2) is 0 Å². The third-order valence-corrected chi connectivity index (χ3v) is 4.52. The first-order chi connectivity index (χ1) is 9.38. The molecule has 2 heterocycles. The molecule has 7 nitrogen and oxygen atoms in total. The van der Waals surface area contributed by atoms with Gasteiger partial charge in [0.25, 0.3) is 11.5 Å². The quantitative estimate of drug-likeness (QED) is 0.788. The molecule has 110 valence electrons. The molecule has 1 amide bonds. The number of sulfonamides is 1. The van der Waals surface area contributed by atoms with Crippen molar-refractivity contribution in [2.75, 3.05) is 19.3 Å². The number of nitrogens with zero attached hydrogens (tertiary/aromatic N) is 1. The molecule has 0 aromatic carbocycles. The fourth-order valence-corrected chi connectivity index (χ4v) is 3.14. The normalized spacial score (nSPS) is 20.6. The van der Waals surface area contributed by atoms with Crippen LogP contribution in [0.25, 0.3) is 0 Å². The lowest BCUT2D eigenvalue weighted by molar-refractivity contribution is 0.0920. The Hall–Kier alpha value is -1.67. The van der Waals surface area contributed by atoms with Gasteiger partial charge in [-0.15, -0.1) is 0 Å². The van der Waals surface area contributed by atoms with Crippen LogP contribution in [0.15, 0.2) is 23.1 Å². The first-order valence-electron chi connectivity index (χ1n) is 6.31. The number of carbonyl (C=O) groups excluding carboxylic acids is 1. The fourth-order valence-electron chi connectivity index (χ4n) is 2.22. The lowest BCUT2D eigenvalue weighted by Crippen LogP contribution is -2.49. The largest absolute Gasteiger partial charge is 0.348 e. The van der Waals surface area contributed by atoms with Gasteiger partial charge in [-0.25, -0.2) is 12.7 Å². The fraction of sp³-hybridized carbons (Fsp3) is 0.500. The summed E-state index contributed by atoms with van der Waals surface area (Å²) in [5.74, 6) is -0.479. The average molecular weight is 299 g/mol. The molecule has 0 radical (unpaired) electrons. The van der Waals surface area contributed by atoms with Crippen LogP contribution in [-0.2, 0) is 10.0 Å². The molecular weight excluding hydrogens is 282 g/mol. The summed E-state index contributed by atoms with van der Waals surface area (Å²) in [7, 11) is -3.25. The minimum Gasteiger partial charge on any atom is -0.348 e. The minimum atomic E-state index is -3.25. The lowest BCUT2D eigenvalue weighted by atomic mass is 10.1. The van der Waals surface area contributed by atoms with Crippen molar-refractivity contribution in [2.24, 2.45) is 0 Å². The molecular formula is C12H17N3O4S. The second kappa shape index (κ2) is 5.76. The van der Waals surface area contributed by atoms with Gasteiger partial charge in [-0.1, -0.05) is 0 Å². The predicted molar refractivity (Wildman–Crippen MR) is 74.0 cm³/mol. The summed E-state index contributed by atoms with van der Waals surface area (Å²) >= 11 is 0. The van der Waals surface area contributed by atoms with Crippen LogP contribution in [0, 0.1) is 0 Å². The second-order valence-electron chi connectivity index (χ2n) is 4.85. The molecule has 20 heavy (non-hydrogen) atoms. The molecule has 8 heteroatoms. The van der Waals surface area contributed by atoms with Gasteiger partial charge >= 0.3 is 0 Å². The summed E-state index contributed by atoms with van der Waals surface area (Å²) in [6.45, 7) is 0.715. The Morgan fingerprint density at radius 3 is 2.90 bits per heavy atom. The maximum atomic E-state index is 12.0. The second-order valence-corrected chi connectivity index (χ2v) is 6.83. The van der Waals surface area contributed by atoms with E-state index in [9.17, 15) is 18.0 Å². The maximum Gasteiger partial charge on any atom is 0.260 e. The zero-order valence-electron chi connectivity index (χ0n) is 11.1. The maximum absolute atomic E-state index is 12.0. The zero-order valence-corrected chi connectivity index (χ0v) is 11.9. The number of amides is 1. The highest BCUT2D eigenvalue weighted by atomic mass is 32.2. The van der Waals surface area contributed by atoms with Crippen LogP contribution in [0.4, 0.5) is 0 Å². The van der Waals surface area contributed by atoms with E-state index in [0.717, 1.165) is 6.26 Å². The monoisotopic (exact) mass is 299 g/mol. The van der Waals surface area contributed by atoms with E-state index < -0.39 is 21.5 Å². The van der Waals surface area contributed by atoms with E-state index in [4.69, 9.17) is 0 Å². The summed E-state index contributed by atoms with van der Waals surface area (Å²) in [5.41, 5.74) is -0.426. The molecule has 1 aromatic rings. The van der Waals surface area contributed by atoms with Crippen molar-refractivity contribution in [1.82, 2.24) is 14.6 Å². The van der Waals surface area contributed by atoms with Crippen molar-refractivity contribution in [3.63, 3.8) is 0 Å². The van der Waals surface area contributed by atoms with Gasteiger partial charge in [-0.2, -0.15) is 0 Å². The lowest BCUT2D eigenvalue weighted by Gasteiger charge is -2.31. The molecule has 0 aliphatic carbocycles. The molecule has 1 unspecified atom stereocenters. The Kier molecular flexibility index (Phi) is 4.24. The molecule has 1 aromatic heterocycles. The summed E-state index contributed by atoms with van der Waals surface area (Å²) in [4.78, 5) is 25.9. The molecule has 1 saturated heterocycles. The zero-order chi connectivity index (χ0) is 14.8. The number of aromatic nitrogens is 1. The number of piperidine rings is 1. The van der Waals surface area contributed by atoms with Gasteiger partial charge in [0.05, 0.1) is 6.26 Å². The summed E-state index contributed by atoms with van der Waals surface area (Å²) < 4.78 is 24.3. The SMILES string of the molecule is CS(=O)(=O)N1CCCC(NC(=O)c2ccc[nH]c2=O)C1. The molecule has 2 N–H and O–H groups in total. The molecule has 1 atom stereocenters. The van der Waals surface area contributed by atoms with Gasteiger partial charge in [0, 0.05) is 25.3 Å². The molecule has 1 fully saturated rings. The number of carbonyl (C=O) groups is 1. The number of aromatic amines is 1. The number of nitrogens with one attached hydrogen (secondary N) is 2. The predicted octanol–water partition coefficient (Wildman–Crippen LogP) is -0.471. The van der Waals surface area contributed by atoms with Gasteiger partial charge in [-0.05, 0) is 25.0 Å². The van der Waals surface area contributed by atoms with E-state index in [2.05, 4.69) is 10.3 Å². The number of pyridine rings is 1. The third kappa shape index (κ3) is 3.45. The van der Waals surface area contributed by atoms with Crippen LogP contribution in [0.3, 0.4) is 0 Å². The summed E-state index contributed by atoms with van der Waals surface area (Å²) in [6, 6.07) is 2.73. The van der Waals surface area contributed by atoms with Crippen molar-refractivity contribution in [3.05, 3.63) is 34.2 Å². The summed E-state index contributed by atoms with van der Waals surface area (Å²) in [5, 5.41) is 2.71. The van der Waals surface area contributed by atoms with Crippen LogP contribution in [-0.4, -0.2) is 49.0 Å². The first kappa shape index (κ1) is 14.7. The summed E-state index contributed by atoms with van der Waals surface area (Å²) in [6.07, 6.45) is 3.98. The number of hydrogen-bond acceptors (Lipinski definition) is 4. The Labute approximate surface area is 117 Å². The van der Waals surface area contributed by atoms with E-state index in [-0.39, 0.29) is 18.2 Å².